The number of amides is 2. The Kier molecular flexibility index (Phi) is 4.88. The van der Waals surface area contributed by atoms with E-state index in [1.165, 1.54) is 6.33 Å². The van der Waals surface area contributed by atoms with Crippen molar-refractivity contribution in [1.29, 1.82) is 0 Å². The van der Waals surface area contributed by atoms with E-state index >= 15 is 0 Å². The quantitative estimate of drug-likeness (QED) is 0.882. The van der Waals surface area contributed by atoms with Crippen LogP contribution in [0, 0.1) is 5.92 Å². The fourth-order valence-electron chi connectivity index (χ4n) is 2.59. The van der Waals surface area contributed by atoms with Gasteiger partial charge in [0.15, 0.2) is 0 Å². The number of nitrogens with one attached hydrogen (secondary N) is 1. The molecule has 2 rings (SSSR count). The average molecular weight is 290 g/mol. The molecular weight excluding hydrogens is 268 g/mol. The van der Waals surface area contributed by atoms with Gasteiger partial charge in [-0.2, -0.15) is 0 Å². The van der Waals surface area contributed by atoms with Crippen molar-refractivity contribution in [2.24, 2.45) is 5.92 Å². The van der Waals surface area contributed by atoms with E-state index in [4.69, 9.17) is 0 Å². The third-order valence-electron chi connectivity index (χ3n) is 4.10. The number of hydrogen-bond donors (Lipinski definition) is 1. The predicted molar refractivity (Wildman–Crippen MR) is 78.0 cm³/mol. The van der Waals surface area contributed by atoms with E-state index in [0.717, 1.165) is 12.1 Å². The van der Waals surface area contributed by atoms with Crippen LogP contribution in [0.3, 0.4) is 0 Å². The highest BCUT2D eigenvalue weighted by Crippen LogP contribution is 2.21. The van der Waals surface area contributed by atoms with Gasteiger partial charge >= 0.3 is 0 Å². The van der Waals surface area contributed by atoms with E-state index in [1.807, 2.05) is 20.8 Å². The lowest BCUT2D eigenvalue weighted by molar-refractivity contribution is -0.151. The summed E-state index contributed by atoms with van der Waals surface area (Å²) in [6, 6.07) is 0.907. The van der Waals surface area contributed by atoms with E-state index in [2.05, 4.69) is 15.3 Å². The molecule has 21 heavy (non-hydrogen) atoms. The number of hydrogen-bond acceptors (Lipinski definition) is 4. The molecule has 0 saturated carbocycles. The number of rotatable bonds is 5. The molecule has 114 valence electrons. The average Bonchev–Trinajstić information content (AvgIpc) is 2.51. The minimum atomic E-state index is -0.438. The van der Waals surface area contributed by atoms with Crippen molar-refractivity contribution in [2.75, 3.05) is 0 Å². The second kappa shape index (κ2) is 6.65. The molecule has 0 radical (unpaired) electrons. The van der Waals surface area contributed by atoms with Gasteiger partial charge in [-0.3, -0.25) is 9.59 Å². The molecule has 1 aromatic heterocycles. The molecule has 0 aromatic carbocycles. The Bertz CT molecular complexity index is 506. The zero-order valence-electron chi connectivity index (χ0n) is 12.7. The molecule has 1 aliphatic heterocycles. The normalized spacial score (nSPS) is 23.9. The SMILES string of the molecule is CCC(C)C1NC(=O)C(CC)N(Cc2ccncn2)C1=O. The van der Waals surface area contributed by atoms with Gasteiger partial charge in [0.2, 0.25) is 11.8 Å². The lowest BCUT2D eigenvalue weighted by atomic mass is 9.93. The molecule has 6 nitrogen and oxygen atoms in total. The van der Waals surface area contributed by atoms with Crippen molar-refractivity contribution in [2.45, 2.75) is 52.2 Å². The lowest BCUT2D eigenvalue weighted by Gasteiger charge is -2.40. The first kappa shape index (κ1) is 15.4. The Balaban J connectivity index is 2.24. The maximum Gasteiger partial charge on any atom is 0.246 e. The fraction of sp³-hybridized carbons (Fsp3) is 0.600. The summed E-state index contributed by atoms with van der Waals surface area (Å²) in [5.74, 6) is 0.0259. The summed E-state index contributed by atoms with van der Waals surface area (Å²) >= 11 is 0. The second-order valence-corrected chi connectivity index (χ2v) is 5.46. The Hall–Kier alpha value is -1.98. The van der Waals surface area contributed by atoms with Crippen LogP contribution in [0.2, 0.25) is 0 Å². The van der Waals surface area contributed by atoms with Gasteiger partial charge in [-0.25, -0.2) is 9.97 Å². The summed E-state index contributed by atoms with van der Waals surface area (Å²) in [5, 5.41) is 2.87. The van der Waals surface area contributed by atoms with Crippen molar-refractivity contribution < 1.29 is 9.59 Å². The van der Waals surface area contributed by atoms with Crippen LogP contribution in [0.25, 0.3) is 0 Å². The van der Waals surface area contributed by atoms with Crippen LogP contribution < -0.4 is 5.32 Å². The molecule has 0 aliphatic carbocycles. The number of aromatic nitrogens is 2. The largest absolute Gasteiger partial charge is 0.342 e. The van der Waals surface area contributed by atoms with Crippen LogP contribution in [-0.4, -0.2) is 38.8 Å². The molecule has 1 aromatic rings. The molecule has 0 spiro atoms. The van der Waals surface area contributed by atoms with Crippen molar-refractivity contribution >= 4 is 11.8 Å². The summed E-state index contributed by atoms with van der Waals surface area (Å²) in [6.45, 7) is 6.26. The zero-order chi connectivity index (χ0) is 15.4. The Morgan fingerprint density at radius 1 is 1.38 bits per heavy atom. The summed E-state index contributed by atoms with van der Waals surface area (Å²) in [6.07, 6.45) is 4.53. The molecule has 3 unspecified atom stereocenters. The second-order valence-electron chi connectivity index (χ2n) is 5.46. The Morgan fingerprint density at radius 3 is 2.71 bits per heavy atom. The summed E-state index contributed by atoms with van der Waals surface area (Å²) in [7, 11) is 0. The zero-order valence-corrected chi connectivity index (χ0v) is 12.7. The van der Waals surface area contributed by atoms with Crippen LogP contribution in [-0.2, 0) is 16.1 Å². The molecule has 1 saturated heterocycles. The number of carbonyl (C=O) groups is 2. The van der Waals surface area contributed by atoms with Gasteiger partial charge < -0.3 is 10.2 Å². The molecule has 0 bridgehead atoms. The van der Waals surface area contributed by atoms with Gasteiger partial charge in [0.05, 0.1) is 12.2 Å². The first-order valence-corrected chi connectivity index (χ1v) is 7.44. The molecule has 3 atom stereocenters. The summed E-state index contributed by atoms with van der Waals surface area (Å²) in [4.78, 5) is 34.7. The van der Waals surface area contributed by atoms with Gasteiger partial charge in [-0.15, -0.1) is 0 Å². The van der Waals surface area contributed by atoms with Gasteiger partial charge in [0.1, 0.15) is 18.4 Å². The van der Waals surface area contributed by atoms with E-state index in [-0.39, 0.29) is 17.7 Å². The minimum absolute atomic E-state index is 0.0191. The van der Waals surface area contributed by atoms with Gasteiger partial charge in [-0.05, 0) is 18.4 Å². The highest BCUT2D eigenvalue weighted by Gasteiger charge is 2.41. The molecule has 6 heteroatoms. The van der Waals surface area contributed by atoms with Crippen molar-refractivity contribution in [3.05, 3.63) is 24.3 Å². The van der Waals surface area contributed by atoms with Crippen LogP contribution in [0.4, 0.5) is 0 Å². The number of carbonyl (C=O) groups excluding carboxylic acids is 2. The lowest BCUT2D eigenvalue weighted by Crippen LogP contribution is -2.64. The standard InChI is InChI=1S/C15H22N4O2/c1-4-10(3)13-15(21)19(12(5-2)14(20)18-13)8-11-6-7-16-9-17-11/h6-7,9-10,12-13H,4-5,8H2,1-3H3,(H,18,20). The number of piperazine rings is 1. The number of nitrogens with zero attached hydrogens (tertiary/aromatic N) is 3. The summed E-state index contributed by atoms with van der Waals surface area (Å²) in [5.41, 5.74) is 0.745. The fourth-order valence-corrected chi connectivity index (χ4v) is 2.59. The first-order valence-electron chi connectivity index (χ1n) is 7.44. The molecule has 1 fully saturated rings. The molecule has 1 aliphatic rings. The van der Waals surface area contributed by atoms with Crippen LogP contribution in [0.5, 0.6) is 0 Å². The van der Waals surface area contributed by atoms with E-state index in [1.54, 1.807) is 17.2 Å². The Morgan fingerprint density at radius 2 is 2.14 bits per heavy atom. The highest BCUT2D eigenvalue weighted by molar-refractivity contribution is 5.97. The topological polar surface area (TPSA) is 75.2 Å². The third-order valence-corrected chi connectivity index (χ3v) is 4.10. The first-order chi connectivity index (χ1) is 10.1. The third kappa shape index (κ3) is 3.20. The Labute approximate surface area is 125 Å². The molecular formula is C15H22N4O2. The van der Waals surface area contributed by atoms with Crippen LogP contribution >= 0.6 is 0 Å². The highest BCUT2D eigenvalue weighted by atomic mass is 16.2. The molecule has 2 amide bonds. The van der Waals surface area contributed by atoms with E-state index in [0.29, 0.717) is 13.0 Å². The van der Waals surface area contributed by atoms with Crippen molar-refractivity contribution in [3.63, 3.8) is 0 Å². The predicted octanol–water partition coefficient (Wildman–Crippen LogP) is 1.13. The maximum atomic E-state index is 12.7. The van der Waals surface area contributed by atoms with E-state index in [9.17, 15) is 9.59 Å². The summed E-state index contributed by atoms with van der Waals surface area (Å²) < 4.78 is 0. The van der Waals surface area contributed by atoms with Crippen LogP contribution in [0.15, 0.2) is 18.6 Å². The van der Waals surface area contributed by atoms with Crippen LogP contribution in [0.1, 0.15) is 39.3 Å². The van der Waals surface area contributed by atoms with Gasteiger partial charge in [0, 0.05) is 6.20 Å². The molecule has 1 N–H and O–H groups in total. The van der Waals surface area contributed by atoms with Gasteiger partial charge in [0.25, 0.3) is 0 Å². The van der Waals surface area contributed by atoms with Crippen molar-refractivity contribution in [1.82, 2.24) is 20.2 Å². The maximum absolute atomic E-state index is 12.7. The van der Waals surface area contributed by atoms with Crippen molar-refractivity contribution in [3.8, 4) is 0 Å². The molecule has 2 heterocycles. The monoisotopic (exact) mass is 290 g/mol. The van der Waals surface area contributed by atoms with Gasteiger partial charge in [-0.1, -0.05) is 27.2 Å². The smallest absolute Gasteiger partial charge is 0.246 e. The van der Waals surface area contributed by atoms with E-state index < -0.39 is 12.1 Å². The minimum Gasteiger partial charge on any atom is -0.342 e.